The maximum Gasteiger partial charge on any atom is 0.283 e. The molecule has 0 amide bonds. The van der Waals surface area contributed by atoms with E-state index in [2.05, 4.69) is 15.2 Å². The van der Waals surface area contributed by atoms with Crippen LogP contribution in [0.15, 0.2) is 53.6 Å². The quantitative estimate of drug-likeness (QED) is 0.802. The van der Waals surface area contributed by atoms with Crippen molar-refractivity contribution in [2.75, 3.05) is 0 Å². The summed E-state index contributed by atoms with van der Waals surface area (Å²) in [5.74, 6) is 1.37. The van der Waals surface area contributed by atoms with Crippen LogP contribution >= 0.6 is 11.6 Å². The summed E-state index contributed by atoms with van der Waals surface area (Å²) in [6.07, 6.45) is 3.23. The van der Waals surface area contributed by atoms with Crippen LogP contribution in [0, 0.1) is 6.92 Å². The van der Waals surface area contributed by atoms with E-state index in [1.54, 1.807) is 18.3 Å². The fourth-order valence-electron chi connectivity index (χ4n) is 1.99. The van der Waals surface area contributed by atoms with Crippen molar-refractivity contribution in [1.82, 2.24) is 15.2 Å². The highest BCUT2D eigenvalue weighted by Gasteiger charge is 2.08. The van der Waals surface area contributed by atoms with Crippen LogP contribution in [-0.2, 0) is 0 Å². The van der Waals surface area contributed by atoms with Gasteiger partial charge in [0.1, 0.15) is 16.5 Å². The Hall–Kier alpha value is -2.66. The van der Waals surface area contributed by atoms with E-state index in [1.807, 2.05) is 31.2 Å². The normalized spacial score (nSPS) is 10.5. The summed E-state index contributed by atoms with van der Waals surface area (Å²) < 4.78 is 5.77. The monoisotopic (exact) mass is 313 g/mol. The van der Waals surface area contributed by atoms with Gasteiger partial charge in [-0.2, -0.15) is 5.10 Å². The van der Waals surface area contributed by atoms with Crippen molar-refractivity contribution >= 4 is 11.6 Å². The van der Waals surface area contributed by atoms with E-state index in [9.17, 15) is 4.79 Å². The van der Waals surface area contributed by atoms with Crippen molar-refractivity contribution in [2.24, 2.45) is 0 Å². The first-order valence-electron chi connectivity index (χ1n) is 6.58. The van der Waals surface area contributed by atoms with Crippen molar-refractivity contribution in [3.63, 3.8) is 0 Å². The largest absolute Gasteiger partial charge is 0.455 e. The predicted molar refractivity (Wildman–Crippen MR) is 84.4 cm³/mol. The fourth-order valence-corrected chi connectivity index (χ4v) is 2.19. The lowest BCUT2D eigenvalue weighted by atomic mass is 10.1. The van der Waals surface area contributed by atoms with Gasteiger partial charge in [0.05, 0.1) is 11.9 Å². The Kier molecular flexibility index (Phi) is 3.89. The van der Waals surface area contributed by atoms with Gasteiger partial charge in [-0.3, -0.25) is 9.78 Å². The standard InChI is InChI=1S/C16H12ClN3O2/c1-10-14(3-2-8-18-10)22-12-6-4-11(5-7-12)13-9-19-20-16(21)15(13)17/h2-9H,1H3,(H,20,21). The van der Waals surface area contributed by atoms with Crippen LogP contribution in [0.1, 0.15) is 5.69 Å². The van der Waals surface area contributed by atoms with E-state index in [0.29, 0.717) is 17.1 Å². The summed E-state index contributed by atoms with van der Waals surface area (Å²) in [6, 6.07) is 10.9. The van der Waals surface area contributed by atoms with Gasteiger partial charge in [-0.25, -0.2) is 5.10 Å². The Morgan fingerprint density at radius 2 is 1.95 bits per heavy atom. The minimum absolute atomic E-state index is 0.117. The van der Waals surface area contributed by atoms with Crippen molar-refractivity contribution in [1.29, 1.82) is 0 Å². The Morgan fingerprint density at radius 3 is 2.68 bits per heavy atom. The number of aromatic nitrogens is 3. The molecule has 1 N–H and O–H groups in total. The van der Waals surface area contributed by atoms with Gasteiger partial charge in [-0.05, 0) is 36.8 Å². The van der Waals surface area contributed by atoms with E-state index >= 15 is 0 Å². The van der Waals surface area contributed by atoms with Crippen molar-refractivity contribution < 1.29 is 4.74 Å². The van der Waals surface area contributed by atoms with Crippen molar-refractivity contribution in [3.8, 4) is 22.6 Å². The molecule has 0 unspecified atom stereocenters. The molecule has 1 aromatic carbocycles. The number of halogens is 1. The summed E-state index contributed by atoms with van der Waals surface area (Å²) in [6.45, 7) is 1.88. The van der Waals surface area contributed by atoms with Crippen molar-refractivity contribution in [2.45, 2.75) is 6.92 Å². The molecule has 3 aromatic rings. The van der Waals surface area contributed by atoms with Crippen molar-refractivity contribution in [3.05, 3.63) is 69.9 Å². The first-order chi connectivity index (χ1) is 10.6. The number of aryl methyl sites for hydroxylation is 1. The molecule has 0 atom stereocenters. The van der Waals surface area contributed by atoms with Crippen LogP contribution in [-0.4, -0.2) is 15.2 Å². The number of benzene rings is 1. The van der Waals surface area contributed by atoms with Gasteiger partial charge in [0.15, 0.2) is 0 Å². The zero-order chi connectivity index (χ0) is 15.5. The second-order valence-corrected chi connectivity index (χ2v) is 5.02. The molecular formula is C16H12ClN3O2. The first-order valence-corrected chi connectivity index (χ1v) is 6.96. The number of aromatic amines is 1. The lowest BCUT2D eigenvalue weighted by Crippen LogP contribution is -2.08. The summed E-state index contributed by atoms with van der Waals surface area (Å²) >= 11 is 5.99. The van der Waals surface area contributed by atoms with Crippen LogP contribution in [0.25, 0.3) is 11.1 Å². The molecular weight excluding hydrogens is 302 g/mol. The van der Waals surface area contributed by atoms with Crippen LogP contribution in [0.4, 0.5) is 0 Å². The highest BCUT2D eigenvalue weighted by molar-refractivity contribution is 6.33. The number of pyridine rings is 1. The van der Waals surface area contributed by atoms with E-state index in [1.165, 1.54) is 6.20 Å². The third kappa shape index (κ3) is 2.84. The summed E-state index contributed by atoms with van der Waals surface area (Å²) in [5, 5.41) is 6.17. The zero-order valence-electron chi connectivity index (χ0n) is 11.7. The van der Waals surface area contributed by atoms with Gasteiger partial charge in [-0.1, -0.05) is 23.7 Å². The minimum atomic E-state index is -0.412. The lowest BCUT2D eigenvalue weighted by Gasteiger charge is -2.08. The molecule has 0 bridgehead atoms. The number of nitrogens with zero attached hydrogens (tertiary/aromatic N) is 2. The SMILES string of the molecule is Cc1ncccc1Oc1ccc(-c2cn[nH]c(=O)c2Cl)cc1. The number of rotatable bonds is 3. The molecule has 0 saturated heterocycles. The minimum Gasteiger partial charge on any atom is -0.455 e. The second kappa shape index (κ2) is 5.99. The van der Waals surface area contributed by atoms with E-state index in [4.69, 9.17) is 16.3 Å². The van der Waals surface area contributed by atoms with Gasteiger partial charge in [0, 0.05) is 11.8 Å². The number of ether oxygens (including phenoxy) is 1. The van der Waals surface area contributed by atoms with E-state index < -0.39 is 5.56 Å². The molecule has 110 valence electrons. The molecule has 2 aromatic heterocycles. The molecule has 0 aliphatic rings. The van der Waals surface area contributed by atoms with Crippen LogP contribution in [0.3, 0.4) is 0 Å². The molecule has 5 nitrogen and oxygen atoms in total. The molecule has 0 aliphatic heterocycles. The van der Waals surface area contributed by atoms with E-state index in [-0.39, 0.29) is 5.02 Å². The highest BCUT2D eigenvalue weighted by Crippen LogP contribution is 2.28. The molecule has 6 heteroatoms. The zero-order valence-corrected chi connectivity index (χ0v) is 12.5. The number of nitrogens with one attached hydrogen (secondary N) is 1. The molecule has 22 heavy (non-hydrogen) atoms. The first kappa shape index (κ1) is 14.3. The average molecular weight is 314 g/mol. The lowest BCUT2D eigenvalue weighted by molar-refractivity contribution is 0.476. The molecule has 0 fully saturated rings. The molecule has 3 rings (SSSR count). The Morgan fingerprint density at radius 1 is 1.18 bits per heavy atom. The Balaban J connectivity index is 1.89. The van der Waals surface area contributed by atoms with Gasteiger partial charge in [-0.15, -0.1) is 0 Å². The average Bonchev–Trinajstić information content (AvgIpc) is 2.53. The second-order valence-electron chi connectivity index (χ2n) is 4.64. The molecule has 2 heterocycles. The van der Waals surface area contributed by atoms with Crippen LogP contribution < -0.4 is 10.3 Å². The number of H-pyrrole nitrogens is 1. The smallest absolute Gasteiger partial charge is 0.283 e. The highest BCUT2D eigenvalue weighted by atomic mass is 35.5. The van der Waals surface area contributed by atoms with Gasteiger partial charge < -0.3 is 4.74 Å². The molecule has 0 aliphatic carbocycles. The van der Waals surface area contributed by atoms with E-state index in [0.717, 1.165) is 11.3 Å². The molecule has 0 saturated carbocycles. The predicted octanol–water partition coefficient (Wildman–Crippen LogP) is 3.59. The fraction of sp³-hybridized carbons (Fsp3) is 0.0625. The summed E-state index contributed by atoms with van der Waals surface area (Å²) in [4.78, 5) is 15.6. The number of hydrogen-bond acceptors (Lipinski definition) is 4. The maximum absolute atomic E-state index is 11.5. The van der Waals surface area contributed by atoms with Gasteiger partial charge in [0.25, 0.3) is 5.56 Å². The molecule has 0 spiro atoms. The molecule has 0 radical (unpaired) electrons. The van der Waals surface area contributed by atoms with Crippen LogP contribution in [0.2, 0.25) is 5.02 Å². The van der Waals surface area contributed by atoms with Gasteiger partial charge >= 0.3 is 0 Å². The summed E-state index contributed by atoms with van der Waals surface area (Å²) in [5.41, 5.74) is 1.77. The third-order valence-electron chi connectivity index (χ3n) is 3.15. The topological polar surface area (TPSA) is 67.9 Å². The van der Waals surface area contributed by atoms with Gasteiger partial charge in [0.2, 0.25) is 0 Å². The Bertz CT molecular complexity index is 860. The maximum atomic E-state index is 11.5. The third-order valence-corrected chi connectivity index (χ3v) is 3.52. The number of hydrogen-bond donors (Lipinski definition) is 1. The Labute approximate surface area is 131 Å². The summed E-state index contributed by atoms with van der Waals surface area (Å²) in [7, 11) is 0. The van der Waals surface area contributed by atoms with Crippen LogP contribution in [0.5, 0.6) is 11.5 Å².